The smallest absolute Gasteiger partial charge is 0.275 e. The lowest BCUT2D eigenvalue weighted by Gasteiger charge is -2.22. The number of methoxy groups -OCH3 is 1. The lowest BCUT2D eigenvalue weighted by molar-refractivity contribution is 0.0733. The first-order valence-electron chi connectivity index (χ1n) is 9.16. The summed E-state index contributed by atoms with van der Waals surface area (Å²) in [5, 5.41) is 8.58. The minimum atomic E-state index is -0.162. The highest BCUT2D eigenvalue weighted by molar-refractivity contribution is 6.30. The van der Waals surface area contributed by atoms with Crippen LogP contribution >= 0.6 is 11.6 Å². The van der Waals surface area contributed by atoms with Crippen LogP contribution < -0.4 is 4.74 Å². The van der Waals surface area contributed by atoms with Crippen LogP contribution in [0.5, 0.6) is 5.75 Å². The van der Waals surface area contributed by atoms with E-state index in [4.69, 9.17) is 16.3 Å². The number of rotatable bonds is 7. The van der Waals surface area contributed by atoms with E-state index in [1.807, 2.05) is 53.2 Å². The molecule has 0 bridgehead atoms. The molecular formula is C21H20ClN5O2. The fraction of sp³-hybridized carbons (Fsp3) is 0.190. The van der Waals surface area contributed by atoms with Gasteiger partial charge in [0, 0.05) is 42.4 Å². The molecule has 7 nitrogen and oxygen atoms in total. The molecule has 8 heteroatoms. The maximum atomic E-state index is 13.4. The van der Waals surface area contributed by atoms with Gasteiger partial charge in [0.25, 0.3) is 5.91 Å². The van der Waals surface area contributed by atoms with Gasteiger partial charge in [0.1, 0.15) is 11.3 Å². The van der Waals surface area contributed by atoms with Crippen LogP contribution in [0.2, 0.25) is 5.02 Å². The average molecular weight is 410 g/mol. The number of ether oxygens (including phenoxy) is 1. The van der Waals surface area contributed by atoms with Gasteiger partial charge in [-0.05, 0) is 23.8 Å². The summed E-state index contributed by atoms with van der Waals surface area (Å²) in [4.78, 5) is 19.2. The van der Waals surface area contributed by atoms with Gasteiger partial charge >= 0.3 is 0 Å². The summed E-state index contributed by atoms with van der Waals surface area (Å²) in [5.74, 6) is 0.485. The van der Waals surface area contributed by atoms with E-state index in [2.05, 4.69) is 15.2 Å². The van der Waals surface area contributed by atoms with Crippen LogP contribution in [0.25, 0.3) is 10.9 Å². The number of benzene rings is 2. The largest absolute Gasteiger partial charge is 0.494 e. The van der Waals surface area contributed by atoms with Crippen LogP contribution in [-0.2, 0) is 13.1 Å². The molecule has 1 amide bonds. The van der Waals surface area contributed by atoms with Crippen LogP contribution in [0.15, 0.2) is 61.2 Å². The number of carbonyl (C=O) groups is 1. The topological polar surface area (TPSA) is 76.0 Å². The molecule has 4 aromatic rings. The van der Waals surface area contributed by atoms with E-state index in [1.165, 1.54) is 0 Å². The van der Waals surface area contributed by atoms with E-state index < -0.39 is 0 Å². The zero-order valence-corrected chi connectivity index (χ0v) is 16.6. The molecule has 0 saturated carbocycles. The van der Waals surface area contributed by atoms with Crippen LogP contribution in [-0.4, -0.2) is 44.2 Å². The molecule has 2 aromatic heterocycles. The molecular weight excluding hydrogens is 390 g/mol. The summed E-state index contributed by atoms with van der Waals surface area (Å²) in [5.41, 5.74) is 2.02. The van der Waals surface area contributed by atoms with Gasteiger partial charge in [-0.25, -0.2) is 4.98 Å². The molecule has 0 aliphatic heterocycles. The first kappa shape index (κ1) is 19.0. The fourth-order valence-electron chi connectivity index (χ4n) is 3.26. The molecule has 4 rings (SSSR count). The summed E-state index contributed by atoms with van der Waals surface area (Å²) in [6, 6.07) is 13.1. The number of halogens is 1. The predicted molar refractivity (Wildman–Crippen MR) is 111 cm³/mol. The molecule has 2 aromatic carbocycles. The van der Waals surface area contributed by atoms with E-state index in [0.717, 1.165) is 10.9 Å². The Labute approximate surface area is 172 Å². The zero-order chi connectivity index (χ0) is 20.2. The third-order valence-electron chi connectivity index (χ3n) is 4.72. The first-order chi connectivity index (χ1) is 14.2. The second-order valence-electron chi connectivity index (χ2n) is 6.61. The number of H-pyrrole nitrogens is 1. The van der Waals surface area contributed by atoms with Gasteiger partial charge in [0.15, 0.2) is 5.69 Å². The number of aromatic amines is 1. The lowest BCUT2D eigenvalue weighted by atomic mass is 10.1. The third kappa shape index (κ3) is 4.09. The Balaban J connectivity index is 1.65. The van der Waals surface area contributed by atoms with Crippen molar-refractivity contribution in [1.29, 1.82) is 0 Å². The Morgan fingerprint density at radius 3 is 2.90 bits per heavy atom. The summed E-state index contributed by atoms with van der Waals surface area (Å²) in [7, 11) is 1.59. The molecule has 0 spiro atoms. The fourth-order valence-corrected chi connectivity index (χ4v) is 3.47. The van der Waals surface area contributed by atoms with Gasteiger partial charge in [0.05, 0.1) is 13.4 Å². The van der Waals surface area contributed by atoms with Crippen LogP contribution in [0.4, 0.5) is 0 Å². The molecule has 0 radical (unpaired) electrons. The zero-order valence-electron chi connectivity index (χ0n) is 15.9. The van der Waals surface area contributed by atoms with Gasteiger partial charge in [-0.15, -0.1) is 0 Å². The van der Waals surface area contributed by atoms with Crippen molar-refractivity contribution < 1.29 is 9.53 Å². The molecule has 0 atom stereocenters. The van der Waals surface area contributed by atoms with Crippen molar-refractivity contribution >= 4 is 28.4 Å². The van der Waals surface area contributed by atoms with E-state index in [-0.39, 0.29) is 5.91 Å². The van der Waals surface area contributed by atoms with Crippen molar-refractivity contribution in [3.05, 3.63) is 77.5 Å². The Kier molecular flexibility index (Phi) is 5.48. The average Bonchev–Trinajstić information content (AvgIpc) is 3.40. The van der Waals surface area contributed by atoms with Gasteiger partial charge in [-0.2, -0.15) is 5.10 Å². The molecule has 29 heavy (non-hydrogen) atoms. The SMILES string of the molecule is COc1cccc2c(C(=O)N(CCn3ccnc3)Cc3cccc(Cl)c3)n[nH]c12. The minimum Gasteiger partial charge on any atom is -0.494 e. The van der Waals surface area contributed by atoms with E-state index >= 15 is 0 Å². The summed E-state index contributed by atoms with van der Waals surface area (Å²) < 4.78 is 7.30. The van der Waals surface area contributed by atoms with Gasteiger partial charge < -0.3 is 14.2 Å². The molecule has 1 N–H and O–H groups in total. The standard InChI is InChI=1S/C21H20ClN5O2/c1-29-18-7-3-6-17-19(18)24-25-20(17)21(28)27(11-10-26-9-8-23-14-26)13-15-4-2-5-16(22)12-15/h2-9,12,14H,10-11,13H2,1H3,(H,24,25). The monoisotopic (exact) mass is 409 g/mol. The Morgan fingerprint density at radius 2 is 2.14 bits per heavy atom. The molecule has 0 saturated heterocycles. The van der Waals surface area contributed by atoms with Crippen LogP contribution in [0, 0.1) is 0 Å². The second-order valence-corrected chi connectivity index (χ2v) is 7.05. The van der Waals surface area contributed by atoms with E-state index in [0.29, 0.717) is 41.6 Å². The first-order valence-corrected chi connectivity index (χ1v) is 9.54. The Bertz CT molecular complexity index is 1120. The van der Waals surface area contributed by atoms with Crippen LogP contribution in [0.1, 0.15) is 16.1 Å². The number of nitrogens with one attached hydrogen (secondary N) is 1. The minimum absolute atomic E-state index is 0.162. The van der Waals surface area contributed by atoms with Gasteiger partial charge in [-0.3, -0.25) is 9.89 Å². The van der Waals surface area contributed by atoms with Gasteiger partial charge in [-0.1, -0.05) is 35.9 Å². The molecule has 0 fully saturated rings. The number of para-hydroxylation sites is 1. The highest BCUT2D eigenvalue weighted by Gasteiger charge is 2.22. The van der Waals surface area contributed by atoms with Crippen molar-refractivity contribution in [2.45, 2.75) is 13.1 Å². The number of aromatic nitrogens is 4. The van der Waals surface area contributed by atoms with Crippen LogP contribution in [0.3, 0.4) is 0 Å². The number of hydrogen-bond donors (Lipinski definition) is 1. The van der Waals surface area contributed by atoms with Crippen molar-refractivity contribution in [3.8, 4) is 5.75 Å². The Morgan fingerprint density at radius 1 is 1.28 bits per heavy atom. The number of hydrogen-bond acceptors (Lipinski definition) is 4. The van der Waals surface area contributed by atoms with Crippen molar-refractivity contribution in [3.63, 3.8) is 0 Å². The number of fused-ring (bicyclic) bond motifs is 1. The lowest BCUT2D eigenvalue weighted by Crippen LogP contribution is -2.33. The molecule has 0 unspecified atom stereocenters. The van der Waals surface area contributed by atoms with Crippen molar-refractivity contribution in [2.24, 2.45) is 0 Å². The van der Waals surface area contributed by atoms with Gasteiger partial charge in [0.2, 0.25) is 0 Å². The van der Waals surface area contributed by atoms with E-state index in [9.17, 15) is 4.79 Å². The van der Waals surface area contributed by atoms with Crippen molar-refractivity contribution in [2.75, 3.05) is 13.7 Å². The molecule has 0 aliphatic carbocycles. The highest BCUT2D eigenvalue weighted by atomic mass is 35.5. The molecule has 148 valence electrons. The summed E-state index contributed by atoms with van der Waals surface area (Å²) >= 11 is 6.13. The number of amides is 1. The second kappa shape index (κ2) is 8.36. The summed E-state index contributed by atoms with van der Waals surface area (Å²) in [6.07, 6.45) is 5.32. The molecule has 2 heterocycles. The van der Waals surface area contributed by atoms with E-state index in [1.54, 1.807) is 24.5 Å². The predicted octanol–water partition coefficient (Wildman–Crippen LogP) is 3.76. The third-order valence-corrected chi connectivity index (χ3v) is 4.96. The molecule has 0 aliphatic rings. The maximum absolute atomic E-state index is 13.4. The highest BCUT2D eigenvalue weighted by Crippen LogP contribution is 2.26. The van der Waals surface area contributed by atoms with Crippen molar-refractivity contribution in [1.82, 2.24) is 24.6 Å². The normalized spacial score (nSPS) is 11.0. The summed E-state index contributed by atoms with van der Waals surface area (Å²) in [6.45, 7) is 1.55. The number of carbonyl (C=O) groups excluding carboxylic acids is 1. The number of imidazole rings is 1. The number of nitrogens with zero attached hydrogens (tertiary/aromatic N) is 4. The Hall–Kier alpha value is -3.32. The quantitative estimate of drug-likeness (QED) is 0.504. The maximum Gasteiger partial charge on any atom is 0.275 e.